The lowest BCUT2D eigenvalue weighted by Crippen LogP contribution is -2.23. The number of hydrogen-bond donors (Lipinski definition) is 0. The fraction of sp³-hybridized carbons (Fsp3) is 0.318. The predicted molar refractivity (Wildman–Crippen MR) is 123 cm³/mol. The van der Waals surface area contributed by atoms with Crippen molar-refractivity contribution in [1.29, 1.82) is 0 Å². The topological polar surface area (TPSA) is 56.5 Å². The molecule has 152 valence electrons. The van der Waals surface area contributed by atoms with E-state index in [1.165, 1.54) is 4.68 Å². The second-order valence-corrected chi connectivity index (χ2v) is 8.48. The van der Waals surface area contributed by atoms with Gasteiger partial charge in [-0.05, 0) is 62.2 Å². The monoisotopic (exact) mass is 475 g/mol. The van der Waals surface area contributed by atoms with Crippen molar-refractivity contribution in [3.63, 3.8) is 0 Å². The minimum absolute atomic E-state index is 0.0340. The van der Waals surface area contributed by atoms with Gasteiger partial charge in [-0.25, -0.2) is 4.98 Å². The van der Waals surface area contributed by atoms with Crippen molar-refractivity contribution >= 4 is 44.6 Å². The van der Waals surface area contributed by atoms with E-state index in [1.807, 2.05) is 39.0 Å². The van der Waals surface area contributed by atoms with E-state index in [4.69, 9.17) is 21.3 Å². The highest BCUT2D eigenvalue weighted by atomic mass is 79.9. The summed E-state index contributed by atoms with van der Waals surface area (Å²) in [5.41, 5.74) is 1.23. The van der Waals surface area contributed by atoms with Crippen LogP contribution >= 0.6 is 27.5 Å². The Morgan fingerprint density at radius 2 is 2.00 bits per heavy atom. The zero-order valence-corrected chi connectivity index (χ0v) is 19.2. The molecule has 0 aliphatic rings. The molecule has 3 rings (SSSR count). The zero-order chi connectivity index (χ0) is 21.1. The molecule has 0 spiro atoms. The number of rotatable bonds is 6. The predicted octanol–water partition coefficient (Wildman–Crippen LogP) is 6.00. The van der Waals surface area contributed by atoms with Gasteiger partial charge < -0.3 is 4.74 Å². The summed E-state index contributed by atoms with van der Waals surface area (Å²) in [5, 5.41) is 5.47. The van der Waals surface area contributed by atoms with Crippen molar-refractivity contribution in [2.24, 2.45) is 5.10 Å². The average Bonchev–Trinajstić information content (AvgIpc) is 2.68. The van der Waals surface area contributed by atoms with Crippen LogP contribution in [0.1, 0.15) is 51.4 Å². The molecule has 0 amide bonds. The molecular weight excluding hydrogens is 454 g/mol. The van der Waals surface area contributed by atoms with Crippen molar-refractivity contribution in [3.8, 4) is 5.75 Å². The van der Waals surface area contributed by atoms with Crippen LogP contribution in [-0.4, -0.2) is 22.0 Å². The van der Waals surface area contributed by atoms with E-state index in [-0.39, 0.29) is 17.6 Å². The highest BCUT2D eigenvalue weighted by Gasteiger charge is 2.15. The maximum absolute atomic E-state index is 13.1. The van der Waals surface area contributed by atoms with Crippen LogP contribution in [0.3, 0.4) is 0 Å². The lowest BCUT2D eigenvalue weighted by Gasteiger charge is -2.14. The molecule has 1 aromatic heterocycles. The van der Waals surface area contributed by atoms with Crippen molar-refractivity contribution in [1.82, 2.24) is 9.66 Å². The minimum atomic E-state index is -0.200. The number of halogens is 2. The van der Waals surface area contributed by atoms with Crippen LogP contribution in [0.4, 0.5) is 0 Å². The summed E-state index contributed by atoms with van der Waals surface area (Å²) in [6.07, 6.45) is 2.49. The Kier molecular flexibility index (Phi) is 6.75. The van der Waals surface area contributed by atoms with Gasteiger partial charge in [-0.3, -0.25) is 4.79 Å². The third-order valence-corrected chi connectivity index (χ3v) is 5.32. The van der Waals surface area contributed by atoms with Gasteiger partial charge in [0, 0.05) is 10.4 Å². The van der Waals surface area contributed by atoms with Crippen LogP contribution in [0.25, 0.3) is 10.9 Å². The molecule has 3 aromatic rings. The molecule has 1 atom stereocenters. The number of nitrogens with zero attached hydrogens (tertiary/aromatic N) is 3. The van der Waals surface area contributed by atoms with Crippen LogP contribution in [-0.2, 0) is 0 Å². The lowest BCUT2D eigenvalue weighted by molar-refractivity contribution is 0.242. The summed E-state index contributed by atoms with van der Waals surface area (Å²) in [7, 11) is 0. The Bertz CT molecular complexity index is 1120. The first-order valence-electron chi connectivity index (χ1n) is 9.53. The molecule has 0 aliphatic heterocycles. The number of fused-ring (bicyclic) bond motifs is 1. The SMILES string of the molecule is CC[C@@H](C)c1nc2ccc(Br)cc2c(=O)n1N=Cc1ccc(OC(C)C)c(Cl)c1. The number of hydrogen-bond acceptors (Lipinski definition) is 4. The van der Waals surface area contributed by atoms with Gasteiger partial charge in [0.05, 0.1) is 28.2 Å². The highest BCUT2D eigenvalue weighted by molar-refractivity contribution is 9.10. The molecule has 5 nitrogen and oxygen atoms in total. The van der Waals surface area contributed by atoms with Crippen molar-refractivity contribution in [2.75, 3.05) is 0 Å². The van der Waals surface area contributed by atoms with Gasteiger partial charge in [0.15, 0.2) is 0 Å². The van der Waals surface area contributed by atoms with Gasteiger partial charge >= 0.3 is 0 Å². The minimum Gasteiger partial charge on any atom is -0.489 e. The first-order valence-corrected chi connectivity index (χ1v) is 10.7. The molecule has 0 N–H and O–H groups in total. The molecule has 7 heteroatoms. The summed E-state index contributed by atoms with van der Waals surface area (Å²) in [6, 6.07) is 10.9. The molecule has 1 heterocycles. The molecule has 0 unspecified atom stereocenters. The first-order chi connectivity index (χ1) is 13.8. The van der Waals surface area contributed by atoms with Gasteiger partial charge in [-0.2, -0.15) is 9.78 Å². The van der Waals surface area contributed by atoms with Gasteiger partial charge in [0.1, 0.15) is 11.6 Å². The van der Waals surface area contributed by atoms with E-state index in [1.54, 1.807) is 24.4 Å². The van der Waals surface area contributed by atoms with E-state index >= 15 is 0 Å². The third kappa shape index (κ3) is 4.87. The van der Waals surface area contributed by atoms with E-state index < -0.39 is 0 Å². The maximum atomic E-state index is 13.1. The summed E-state index contributed by atoms with van der Waals surface area (Å²) < 4.78 is 7.87. The highest BCUT2D eigenvalue weighted by Crippen LogP contribution is 2.26. The molecule has 29 heavy (non-hydrogen) atoms. The van der Waals surface area contributed by atoms with Gasteiger partial charge in [-0.1, -0.05) is 41.4 Å². The first kappa shape index (κ1) is 21.5. The van der Waals surface area contributed by atoms with Crippen LogP contribution in [0.2, 0.25) is 5.02 Å². The van der Waals surface area contributed by atoms with Crippen molar-refractivity contribution in [3.05, 3.63) is 67.6 Å². The molecule has 0 saturated carbocycles. The summed E-state index contributed by atoms with van der Waals surface area (Å²) >= 11 is 9.73. The molecule has 0 saturated heterocycles. The molecule has 0 radical (unpaired) electrons. The summed E-state index contributed by atoms with van der Waals surface area (Å²) in [4.78, 5) is 17.8. The normalized spacial score (nSPS) is 12.8. The number of ether oxygens (including phenoxy) is 1. The smallest absolute Gasteiger partial charge is 0.282 e. The standard InChI is InChI=1S/C22H23BrClN3O2/c1-5-14(4)21-26-19-8-7-16(23)11-17(19)22(28)27(21)25-12-15-6-9-20(18(24)10-15)29-13(2)3/h6-14H,5H2,1-4H3/t14-/m1/s1. The Labute approximate surface area is 183 Å². The second kappa shape index (κ2) is 9.09. The number of aromatic nitrogens is 2. The molecule has 0 aliphatic carbocycles. The summed E-state index contributed by atoms with van der Waals surface area (Å²) in [5.74, 6) is 1.33. The van der Waals surface area contributed by atoms with E-state index in [2.05, 4.69) is 28.0 Å². The fourth-order valence-corrected chi connectivity index (χ4v) is 3.44. The molecule has 2 aromatic carbocycles. The lowest BCUT2D eigenvalue weighted by atomic mass is 10.1. The van der Waals surface area contributed by atoms with Crippen molar-refractivity contribution < 1.29 is 4.74 Å². The maximum Gasteiger partial charge on any atom is 0.282 e. The molecular formula is C22H23BrClN3O2. The van der Waals surface area contributed by atoms with Crippen LogP contribution in [0.15, 0.2) is 50.8 Å². The van der Waals surface area contributed by atoms with Crippen LogP contribution in [0, 0.1) is 0 Å². The van der Waals surface area contributed by atoms with Crippen LogP contribution < -0.4 is 10.3 Å². The van der Waals surface area contributed by atoms with Gasteiger partial charge in [0.25, 0.3) is 5.56 Å². The zero-order valence-electron chi connectivity index (χ0n) is 16.8. The fourth-order valence-electron chi connectivity index (χ4n) is 2.85. The van der Waals surface area contributed by atoms with Crippen molar-refractivity contribution in [2.45, 2.75) is 46.1 Å². The van der Waals surface area contributed by atoms with Gasteiger partial charge in [-0.15, -0.1) is 0 Å². The Hall–Kier alpha value is -2.18. The largest absolute Gasteiger partial charge is 0.489 e. The van der Waals surface area contributed by atoms with E-state index in [9.17, 15) is 4.79 Å². The Morgan fingerprint density at radius 1 is 1.24 bits per heavy atom. The Balaban J connectivity index is 2.07. The third-order valence-electron chi connectivity index (χ3n) is 4.53. The van der Waals surface area contributed by atoms with Crippen LogP contribution in [0.5, 0.6) is 5.75 Å². The second-order valence-electron chi connectivity index (χ2n) is 7.16. The van der Waals surface area contributed by atoms with E-state index in [0.717, 1.165) is 16.5 Å². The molecule has 0 fully saturated rings. The average molecular weight is 477 g/mol. The Morgan fingerprint density at radius 3 is 2.66 bits per heavy atom. The number of benzene rings is 2. The quantitative estimate of drug-likeness (QED) is 0.410. The van der Waals surface area contributed by atoms with E-state index in [0.29, 0.717) is 27.5 Å². The summed E-state index contributed by atoms with van der Waals surface area (Å²) in [6.45, 7) is 7.98. The van der Waals surface area contributed by atoms with Gasteiger partial charge in [0.2, 0.25) is 0 Å². The molecule has 0 bridgehead atoms.